The molecule has 0 aliphatic heterocycles. The normalized spacial score (nSPS) is 15.8. The molecule has 0 fully saturated rings. The van der Waals surface area contributed by atoms with Gasteiger partial charge in [0.05, 0.1) is 34.8 Å². The first-order valence-corrected chi connectivity index (χ1v) is 18.3. The molecule has 1 aromatic carbocycles. The molecule has 0 aliphatic carbocycles. The Morgan fingerprint density at radius 1 is 0.646 bits per heavy atom. The van der Waals surface area contributed by atoms with Crippen LogP contribution < -0.4 is 0 Å². The van der Waals surface area contributed by atoms with Gasteiger partial charge >= 0.3 is 23.9 Å². The first-order chi connectivity index (χ1) is 22.3. The fourth-order valence-electron chi connectivity index (χ4n) is 5.26. The molecule has 11 heteroatoms. The van der Waals surface area contributed by atoms with Gasteiger partial charge in [0.2, 0.25) is 0 Å². The van der Waals surface area contributed by atoms with Crippen LogP contribution in [0.4, 0.5) is 0 Å². The molecule has 0 aliphatic rings. The Morgan fingerprint density at radius 2 is 1.08 bits per heavy atom. The first kappa shape index (κ1) is 43.4. The summed E-state index contributed by atoms with van der Waals surface area (Å²) in [5.41, 5.74) is -1.73. The number of ether oxygens (including phenoxy) is 4. The quantitative estimate of drug-likeness (QED) is 0.0962. The highest BCUT2D eigenvalue weighted by molar-refractivity contribution is 8.00. The van der Waals surface area contributed by atoms with Crippen molar-refractivity contribution in [1.82, 2.24) is 0 Å². The lowest BCUT2D eigenvalue weighted by Crippen LogP contribution is -2.49. The van der Waals surface area contributed by atoms with Crippen molar-refractivity contribution >= 4 is 35.6 Å². The molecular formula is C37H60O10S. The minimum absolute atomic E-state index is 0.0208. The number of carbonyl (C=O) groups excluding carboxylic acids is 4. The van der Waals surface area contributed by atoms with Crippen molar-refractivity contribution in [3.05, 3.63) is 35.4 Å². The fraction of sp³-hybridized carbons (Fsp3) is 0.730. The molecule has 0 saturated heterocycles. The SMILES string of the molecule is CCC(C)(CC)CC(O)COC(=O)c1ccc(C(=O)OCC(O)CC(C)(CC)C(C)(CC)OC(=O)CSCC(=O)OC(C)(C)CC)cc1. The van der Waals surface area contributed by atoms with E-state index in [0.29, 0.717) is 25.7 Å². The van der Waals surface area contributed by atoms with Gasteiger partial charge in [0, 0.05) is 5.41 Å². The van der Waals surface area contributed by atoms with E-state index in [1.54, 1.807) is 0 Å². The van der Waals surface area contributed by atoms with Crippen LogP contribution in [0.3, 0.4) is 0 Å². The van der Waals surface area contributed by atoms with Crippen LogP contribution in [0, 0.1) is 10.8 Å². The summed E-state index contributed by atoms with van der Waals surface area (Å²) in [5, 5.41) is 21.2. The smallest absolute Gasteiger partial charge is 0.338 e. The van der Waals surface area contributed by atoms with Gasteiger partial charge in [-0.15, -0.1) is 11.8 Å². The van der Waals surface area contributed by atoms with Crippen LogP contribution in [0.15, 0.2) is 24.3 Å². The van der Waals surface area contributed by atoms with E-state index < -0.39 is 46.7 Å². The van der Waals surface area contributed by atoms with E-state index in [0.717, 1.165) is 24.6 Å². The first-order valence-electron chi connectivity index (χ1n) is 17.1. The molecule has 1 rings (SSSR count). The fourth-order valence-corrected chi connectivity index (χ4v) is 5.82. The zero-order valence-electron chi connectivity index (χ0n) is 30.8. The van der Waals surface area contributed by atoms with Crippen molar-refractivity contribution in [2.75, 3.05) is 24.7 Å². The van der Waals surface area contributed by atoms with Crippen LogP contribution >= 0.6 is 11.8 Å². The van der Waals surface area contributed by atoms with Crippen LogP contribution in [0.5, 0.6) is 0 Å². The summed E-state index contributed by atoms with van der Waals surface area (Å²) in [6.45, 7) is 19.0. The lowest BCUT2D eigenvalue weighted by Gasteiger charge is -2.46. The molecule has 2 N–H and O–H groups in total. The lowest BCUT2D eigenvalue weighted by molar-refractivity contribution is -0.175. The van der Waals surface area contributed by atoms with Crippen LogP contribution in [0.25, 0.3) is 0 Å². The van der Waals surface area contributed by atoms with E-state index in [1.165, 1.54) is 24.3 Å². The van der Waals surface area contributed by atoms with E-state index in [2.05, 4.69) is 20.8 Å². The van der Waals surface area contributed by atoms with E-state index in [4.69, 9.17) is 18.9 Å². The molecule has 0 heterocycles. The van der Waals surface area contributed by atoms with Gasteiger partial charge in [-0.1, -0.05) is 61.3 Å². The second-order valence-electron chi connectivity index (χ2n) is 14.1. The molecule has 4 atom stereocenters. The van der Waals surface area contributed by atoms with Crippen LogP contribution in [0.2, 0.25) is 0 Å². The topological polar surface area (TPSA) is 146 Å². The average Bonchev–Trinajstić information content (AvgIpc) is 3.05. The molecule has 1 aromatic rings. The van der Waals surface area contributed by atoms with Crippen molar-refractivity contribution in [2.24, 2.45) is 10.8 Å². The highest BCUT2D eigenvalue weighted by Gasteiger charge is 2.46. The Kier molecular flexibility index (Phi) is 17.7. The number of thioether (sulfide) groups is 1. The molecule has 0 aromatic heterocycles. The zero-order chi connectivity index (χ0) is 36.8. The number of rotatable bonds is 22. The maximum absolute atomic E-state index is 12.8. The Bertz CT molecular complexity index is 1180. The van der Waals surface area contributed by atoms with Gasteiger partial charge in [0.1, 0.15) is 24.4 Å². The van der Waals surface area contributed by atoms with E-state index in [1.807, 2.05) is 48.5 Å². The summed E-state index contributed by atoms with van der Waals surface area (Å²) in [5.74, 6) is -2.11. The molecule has 0 amide bonds. The van der Waals surface area contributed by atoms with Crippen molar-refractivity contribution in [3.8, 4) is 0 Å². The van der Waals surface area contributed by atoms with Gasteiger partial charge in [-0.3, -0.25) is 9.59 Å². The third-order valence-electron chi connectivity index (χ3n) is 10.0. The molecule has 0 bridgehead atoms. The standard InChI is InChI=1S/C37H60O10S/c1-11-34(6,7)46-30(40)24-48-25-31(41)47-37(10,15-5)36(9,14-4)21-29(39)23-45-33(43)27-18-16-26(17-19-27)32(42)44-22-28(38)20-35(8,12-2)13-3/h16-19,28-29,38-39H,11-15,20-25H2,1-10H3. The summed E-state index contributed by atoms with van der Waals surface area (Å²) in [4.78, 5) is 50.1. The molecule has 274 valence electrons. The summed E-state index contributed by atoms with van der Waals surface area (Å²) in [6.07, 6.45) is 2.49. The van der Waals surface area contributed by atoms with E-state index in [9.17, 15) is 29.4 Å². The summed E-state index contributed by atoms with van der Waals surface area (Å²) >= 11 is 1.13. The molecule has 48 heavy (non-hydrogen) atoms. The molecule has 4 unspecified atom stereocenters. The Hall–Kier alpha value is -2.63. The van der Waals surface area contributed by atoms with Crippen LogP contribution in [-0.4, -0.2) is 82.2 Å². The summed E-state index contributed by atoms with van der Waals surface area (Å²) in [6, 6.07) is 5.79. The largest absolute Gasteiger partial charge is 0.459 e. The molecule has 0 saturated carbocycles. The Balaban J connectivity index is 2.69. The number of carbonyl (C=O) groups is 4. The molecular weight excluding hydrogens is 636 g/mol. The minimum Gasteiger partial charge on any atom is -0.459 e. The number of hydrogen-bond donors (Lipinski definition) is 2. The third kappa shape index (κ3) is 13.7. The maximum Gasteiger partial charge on any atom is 0.338 e. The minimum atomic E-state index is -1.03. The van der Waals surface area contributed by atoms with Crippen LogP contribution in [0.1, 0.15) is 135 Å². The molecule has 0 spiro atoms. The van der Waals surface area contributed by atoms with Gasteiger partial charge in [0.25, 0.3) is 0 Å². The average molecular weight is 697 g/mol. The van der Waals surface area contributed by atoms with Gasteiger partial charge in [-0.05, 0) is 82.6 Å². The van der Waals surface area contributed by atoms with Crippen LogP contribution in [-0.2, 0) is 28.5 Å². The van der Waals surface area contributed by atoms with Crippen molar-refractivity contribution < 1.29 is 48.3 Å². The zero-order valence-corrected chi connectivity index (χ0v) is 31.6. The Labute approximate surface area is 292 Å². The highest BCUT2D eigenvalue weighted by Crippen LogP contribution is 2.44. The highest BCUT2D eigenvalue weighted by atomic mass is 32.2. The third-order valence-corrected chi connectivity index (χ3v) is 10.9. The maximum atomic E-state index is 12.8. The summed E-state index contributed by atoms with van der Waals surface area (Å²) in [7, 11) is 0. The second kappa shape index (κ2) is 19.5. The number of aliphatic hydroxyl groups excluding tert-OH is 2. The van der Waals surface area contributed by atoms with Gasteiger partial charge in [0.15, 0.2) is 0 Å². The predicted molar refractivity (Wildman–Crippen MR) is 188 cm³/mol. The van der Waals surface area contributed by atoms with Gasteiger partial charge in [-0.25, -0.2) is 9.59 Å². The van der Waals surface area contributed by atoms with Crippen molar-refractivity contribution in [2.45, 2.75) is 138 Å². The van der Waals surface area contributed by atoms with Gasteiger partial charge < -0.3 is 29.2 Å². The van der Waals surface area contributed by atoms with E-state index in [-0.39, 0.29) is 53.7 Å². The number of esters is 4. The van der Waals surface area contributed by atoms with Crippen molar-refractivity contribution in [1.29, 1.82) is 0 Å². The number of hydrogen-bond acceptors (Lipinski definition) is 11. The van der Waals surface area contributed by atoms with Gasteiger partial charge in [-0.2, -0.15) is 0 Å². The number of aliphatic hydroxyl groups is 2. The monoisotopic (exact) mass is 696 g/mol. The second-order valence-corrected chi connectivity index (χ2v) is 15.0. The number of benzene rings is 1. The van der Waals surface area contributed by atoms with Crippen molar-refractivity contribution in [3.63, 3.8) is 0 Å². The molecule has 0 radical (unpaired) electrons. The predicted octanol–water partition coefficient (Wildman–Crippen LogP) is 6.92. The Morgan fingerprint density at radius 3 is 1.48 bits per heavy atom. The summed E-state index contributed by atoms with van der Waals surface area (Å²) < 4.78 is 22.0. The molecule has 10 nitrogen and oxygen atoms in total. The van der Waals surface area contributed by atoms with E-state index >= 15 is 0 Å². The lowest BCUT2D eigenvalue weighted by atomic mass is 9.67.